The first kappa shape index (κ1) is 19.8. The van der Waals surface area contributed by atoms with E-state index in [9.17, 15) is 14.4 Å². The number of methoxy groups -OCH3 is 2. The summed E-state index contributed by atoms with van der Waals surface area (Å²) in [5.74, 6) is -2.49. The van der Waals surface area contributed by atoms with Crippen LogP contribution in [0.3, 0.4) is 0 Å². The van der Waals surface area contributed by atoms with Crippen LogP contribution < -0.4 is 0 Å². The van der Waals surface area contributed by atoms with E-state index in [1.165, 1.54) is 6.34 Å². The fraction of sp³-hybridized carbons (Fsp3) is 0.375. The van der Waals surface area contributed by atoms with Crippen LogP contribution in [0.1, 0.15) is 38.3 Å². The summed E-state index contributed by atoms with van der Waals surface area (Å²) in [6, 6.07) is 0. The van der Waals surface area contributed by atoms with Crippen molar-refractivity contribution in [3.63, 3.8) is 0 Å². The zero-order chi connectivity index (χ0) is 20.1. The molecule has 0 radical (unpaired) electrons. The molecule has 0 saturated carbocycles. The van der Waals surface area contributed by atoms with Gasteiger partial charge in [0.05, 0.1) is 27.2 Å². The van der Waals surface area contributed by atoms with Crippen LogP contribution in [0, 0.1) is 0 Å². The molecule has 27 heavy (non-hydrogen) atoms. The molecule has 0 spiro atoms. The Morgan fingerprint density at radius 1 is 1.07 bits per heavy atom. The SMILES string of the molecule is CCOC(=O)c1nc(C(=O)OC)c(C(=O)OC)c2nc(/N=C/N(C)C)[nH]c12. The normalized spacial score (nSPS) is 10.9. The van der Waals surface area contributed by atoms with Gasteiger partial charge in [-0.1, -0.05) is 0 Å². The molecule has 2 rings (SSSR count). The van der Waals surface area contributed by atoms with Gasteiger partial charge in [-0.2, -0.15) is 0 Å². The van der Waals surface area contributed by atoms with Gasteiger partial charge in [0.2, 0.25) is 5.95 Å². The summed E-state index contributed by atoms with van der Waals surface area (Å²) in [6.45, 7) is 1.72. The van der Waals surface area contributed by atoms with Crippen molar-refractivity contribution in [3.05, 3.63) is 17.0 Å². The second kappa shape index (κ2) is 8.25. The first-order valence-electron chi connectivity index (χ1n) is 7.82. The number of esters is 3. The van der Waals surface area contributed by atoms with Crippen molar-refractivity contribution >= 4 is 41.2 Å². The minimum Gasteiger partial charge on any atom is -0.465 e. The number of aromatic amines is 1. The zero-order valence-electron chi connectivity index (χ0n) is 15.5. The van der Waals surface area contributed by atoms with Crippen LogP contribution in [0.4, 0.5) is 5.95 Å². The number of imidazole rings is 1. The minimum absolute atomic E-state index is 0.00814. The second-order valence-corrected chi connectivity index (χ2v) is 5.38. The number of aliphatic imine (C=N–C) groups is 1. The molecule has 0 fully saturated rings. The number of rotatable bonds is 6. The Kier molecular flexibility index (Phi) is 6.06. The van der Waals surface area contributed by atoms with E-state index < -0.39 is 23.6 Å². The lowest BCUT2D eigenvalue weighted by Crippen LogP contribution is -2.19. The molecular weight excluding hydrogens is 358 g/mol. The van der Waals surface area contributed by atoms with Crippen LogP contribution in [0.5, 0.6) is 0 Å². The van der Waals surface area contributed by atoms with Crippen molar-refractivity contribution < 1.29 is 28.6 Å². The molecule has 0 aromatic carbocycles. The van der Waals surface area contributed by atoms with E-state index in [0.29, 0.717) is 0 Å². The van der Waals surface area contributed by atoms with E-state index >= 15 is 0 Å². The monoisotopic (exact) mass is 377 g/mol. The van der Waals surface area contributed by atoms with Crippen LogP contribution in [0.2, 0.25) is 0 Å². The third-order valence-corrected chi connectivity index (χ3v) is 3.27. The quantitative estimate of drug-likeness (QED) is 0.337. The van der Waals surface area contributed by atoms with Crippen LogP contribution >= 0.6 is 0 Å². The van der Waals surface area contributed by atoms with Gasteiger partial charge in [0.25, 0.3) is 0 Å². The molecule has 11 nitrogen and oxygen atoms in total. The fourth-order valence-electron chi connectivity index (χ4n) is 2.17. The van der Waals surface area contributed by atoms with Crippen molar-refractivity contribution in [2.75, 3.05) is 34.9 Å². The van der Waals surface area contributed by atoms with Crippen molar-refractivity contribution in [1.82, 2.24) is 19.9 Å². The summed E-state index contributed by atoms with van der Waals surface area (Å²) in [5, 5.41) is 0. The Labute approximate surface area is 154 Å². The Morgan fingerprint density at radius 2 is 1.74 bits per heavy atom. The number of aromatic nitrogens is 3. The maximum atomic E-state index is 12.3. The van der Waals surface area contributed by atoms with Gasteiger partial charge < -0.3 is 24.1 Å². The van der Waals surface area contributed by atoms with Crippen LogP contribution in [-0.2, 0) is 14.2 Å². The summed E-state index contributed by atoms with van der Waals surface area (Å²) < 4.78 is 14.4. The molecule has 0 amide bonds. The lowest BCUT2D eigenvalue weighted by Gasteiger charge is -2.09. The number of pyridine rings is 1. The molecule has 2 aromatic heterocycles. The smallest absolute Gasteiger partial charge is 0.359 e. The van der Waals surface area contributed by atoms with E-state index in [1.54, 1.807) is 25.9 Å². The van der Waals surface area contributed by atoms with Crippen LogP contribution in [0.25, 0.3) is 11.0 Å². The van der Waals surface area contributed by atoms with Gasteiger partial charge in [-0.25, -0.2) is 29.3 Å². The molecule has 0 saturated heterocycles. The number of carbonyl (C=O) groups is 3. The van der Waals surface area contributed by atoms with E-state index in [2.05, 4.69) is 24.7 Å². The number of ether oxygens (including phenoxy) is 3. The number of nitrogens with one attached hydrogen (secondary N) is 1. The molecular formula is C16H19N5O6. The first-order valence-corrected chi connectivity index (χ1v) is 7.82. The van der Waals surface area contributed by atoms with Crippen molar-refractivity contribution in [2.24, 2.45) is 4.99 Å². The highest BCUT2D eigenvalue weighted by Crippen LogP contribution is 2.26. The van der Waals surface area contributed by atoms with Gasteiger partial charge >= 0.3 is 17.9 Å². The fourth-order valence-corrected chi connectivity index (χ4v) is 2.17. The molecule has 0 unspecified atom stereocenters. The largest absolute Gasteiger partial charge is 0.465 e. The van der Waals surface area contributed by atoms with Crippen LogP contribution in [-0.4, -0.2) is 79.0 Å². The molecule has 0 bridgehead atoms. The molecule has 0 atom stereocenters. The van der Waals surface area contributed by atoms with Gasteiger partial charge in [-0.15, -0.1) is 0 Å². The maximum Gasteiger partial charge on any atom is 0.359 e. The molecule has 144 valence electrons. The van der Waals surface area contributed by atoms with Crippen LogP contribution in [0.15, 0.2) is 4.99 Å². The highest BCUT2D eigenvalue weighted by molar-refractivity contribution is 6.14. The third-order valence-electron chi connectivity index (χ3n) is 3.27. The van der Waals surface area contributed by atoms with E-state index in [-0.39, 0.29) is 34.8 Å². The van der Waals surface area contributed by atoms with Gasteiger partial charge in [-0.05, 0) is 6.92 Å². The number of fused-ring (bicyclic) bond motifs is 1. The van der Waals surface area contributed by atoms with E-state index in [4.69, 9.17) is 9.47 Å². The Hall–Kier alpha value is -3.50. The highest BCUT2D eigenvalue weighted by Gasteiger charge is 2.30. The predicted octanol–water partition coefficient (Wildman–Crippen LogP) is 0.929. The van der Waals surface area contributed by atoms with Gasteiger partial charge in [0.1, 0.15) is 16.6 Å². The average Bonchev–Trinajstić information content (AvgIpc) is 3.07. The average molecular weight is 377 g/mol. The van der Waals surface area contributed by atoms with Gasteiger partial charge in [0.15, 0.2) is 11.4 Å². The summed E-state index contributed by atoms with van der Waals surface area (Å²) >= 11 is 0. The lowest BCUT2D eigenvalue weighted by molar-refractivity contribution is 0.0514. The number of carbonyl (C=O) groups excluding carboxylic acids is 3. The molecule has 11 heteroatoms. The molecule has 1 N–H and O–H groups in total. The van der Waals surface area contributed by atoms with Gasteiger partial charge in [-0.3, -0.25) is 0 Å². The summed E-state index contributed by atoms with van der Waals surface area (Å²) in [5.41, 5.74) is -0.790. The first-order chi connectivity index (χ1) is 12.8. The summed E-state index contributed by atoms with van der Waals surface area (Å²) in [4.78, 5) is 53.4. The molecule has 0 aliphatic rings. The zero-order valence-corrected chi connectivity index (χ0v) is 15.5. The number of H-pyrrole nitrogens is 1. The topological polar surface area (TPSA) is 136 Å². The highest BCUT2D eigenvalue weighted by atomic mass is 16.5. The second-order valence-electron chi connectivity index (χ2n) is 5.38. The summed E-state index contributed by atoms with van der Waals surface area (Å²) in [6.07, 6.45) is 1.47. The number of nitrogens with zero attached hydrogens (tertiary/aromatic N) is 4. The van der Waals surface area contributed by atoms with E-state index in [0.717, 1.165) is 14.2 Å². The van der Waals surface area contributed by atoms with Crippen molar-refractivity contribution in [3.8, 4) is 0 Å². The molecule has 0 aliphatic heterocycles. The number of hydrogen-bond acceptors (Lipinski definition) is 9. The minimum atomic E-state index is -0.927. The van der Waals surface area contributed by atoms with E-state index in [1.807, 2.05) is 0 Å². The number of hydrogen-bond donors (Lipinski definition) is 1. The van der Waals surface area contributed by atoms with Gasteiger partial charge in [0, 0.05) is 14.1 Å². The van der Waals surface area contributed by atoms with Crippen molar-refractivity contribution in [1.29, 1.82) is 0 Å². The predicted molar refractivity (Wildman–Crippen MR) is 94.4 cm³/mol. The molecule has 0 aliphatic carbocycles. The summed E-state index contributed by atoms with van der Waals surface area (Å²) in [7, 11) is 5.78. The maximum absolute atomic E-state index is 12.3. The Bertz CT molecular complexity index is 918. The lowest BCUT2D eigenvalue weighted by atomic mass is 10.1. The Morgan fingerprint density at radius 3 is 2.30 bits per heavy atom. The van der Waals surface area contributed by atoms with Crippen molar-refractivity contribution in [2.45, 2.75) is 6.92 Å². The third kappa shape index (κ3) is 4.02. The molecule has 2 heterocycles. The Balaban J connectivity index is 2.86. The molecule has 2 aromatic rings. The standard InChI is InChI=1S/C16H19N5O6/c1-6-27-15(24)12-11-9(19-16(20-11)17-7-21(2)3)8(13(22)25-4)10(18-12)14(23)26-5/h7H,6H2,1-5H3,(H,19,20)/b17-7+.